The molecule has 0 spiro atoms. The van der Waals surface area contributed by atoms with Crippen molar-refractivity contribution >= 4 is 45.3 Å². The molecule has 1 unspecified atom stereocenters. The highest BCUT2D eigenvalue weighted by molar-refractivity contribution is 7.16. The normalized spacial score (nSPS) is 18.1. The van der Waals surface area contributed by atoms with Crippen LogP contribution in [0.1, 0.15) is 36.8 Å². The van der Waals surface area contributed by atoms with Gasteiger partial charge in [0.25, 0.3) is 0 Å². The summed E-state index contributed by atoms with van der Waals surface area (Å²) in [6, 6.07) is 0. The molecule has 12 heteroatoms. The van der Waals surface area contributed by atoms with Crippen molar-refractivity contribution in [3.63, 3.8) is 0 Å². The van der Waals surface area contributed by atoms with Gasteiger partial charge in [-0.1, -0.05) is 5.21 Å². The van der Waals surface area contributed by atoms with Gasteiger partial charge in [0.05, 0.1) is 18.2 Å². The van der Waals surface area contributed by atoms with Gasteiger partial charge in [0.2, 0.25) is 5.91 Å². The predicted molar refractivity (Wildman–Crippen MR) is 113 cm³/mol. The summed E-state index contributed by atoms with van der Waals surface area (Å²) < 4.78 is 6.86. The number of ether oxygens (including phenoxy) is 1. The fourth-order valence-electron chi connectivity index (χ4n) is 4.00. The molecule has 1 saturated heterocycles. The van der Waals surface area contributed by atoms with Gasteiger partial charge in [-0.25, -0.2) is 19.6 Å². The van der Waals surface area contributed by atoms with Crippen LogP contribution < -0.4 is 10.2 Å². The highest BCUT2D eigenvalue weighted by atomic mass is 32.1. The highest BCUT2D eigenvalue weighted by Gasteiger charge is 2.37. The van der Waals surface area contributed by atoms with E-state index in [1.165, 1.54) is 17.7 Å². The Labute approximate surface area is 181 Å². The van der Waals surface area contributed by atoms with Crippen molar-refractivity contribution < 1.29 is 14.3 Å². The zero-order valence-electron chi connectivity index (χ0n) is 17.2. The second-order valence-electron chi connectivity index (χ2n) is 7.54. The number of fused-ring (bicyclic) bond motifs is 2. The lowest BCUT2D eigenvalue weighted by Gasteiger charge is -2.38. The van der Waals surface area contributed by atoms with Gasteiger partial charge < -0.3 is 15.0 Å². The molecule has 5 rings (SSSR count). The third kappa shape index (κ3) is 3.40. The molecule has 0 aromatic carbocycles. The average Bonchev–Trinajstić information content (AvgIpc) is 3.40. The first-order chi connectivity index (χ1) is 15.1. The van der Waals surface area contributed by atoms with Crippen molar-refractivity contribution in [1.29, 1.82) is 0 Å². The number of hydrogen-bond donors (Lipinski definition) is 1. The van der Waals surface area contributed by atoms with E-state index < -0.39 is 0 Å². The Morgan fingerprint density at radius 1 is 1.29 bits per heavy atom. The summed E-state index contributed by atoms with van der Waals surface area (Å²) in [5.74, 6) is -0.132. The van der Waals surface area contributed by atoms with E-state index in [2.05, 4.69) is 30.6 Å². The van der Waals surface area contributed by atoms with Crippen molar-refractivity contribution in [2.24, 2.45) is 5.92 Å². The van der Waals surface area contributed by atoms with Crippen LogP contribution in [0.15, 0.2) is 6.33 Å². The molecule has 2 aliphatic rings. The Morgan fingerprint density at radius 2 is 2.13 bits per heavy atom. The van der Waals surface area contributed by atoms with Crippen molar-refractivity contribution in [1.82, 2.24) is 29.9 Å². The molecule has 0 radical (unpaired) electrons. The lowest BCUT2D eigenvalue weighted by Crippen LogP contribution is -2.52. The van der Waals surface area contributed by atoms with Gasteiger partial charge in [-0.15, -0.1) is 16.4 Å². The third-order valence-electron chi connectivity index (χ3n) is 5.65. The summed E-state index contributed by atoms with van der Waals surface area (Å²) in [5.41, 5.74) is 2.08. The van der Waals surface area contributed by atoms with E-state index in [1.54, 1.807) is 11.6 Å². The van der Waals surface area contributed by atoms with E-state index in [9.17, 15) is 9.59 Å². The first kappa shape index (κ1) is 19.8. The Kier molecular flexibility index (Phi) is 5.00. The molecule has 0 saturated carbocycles. The molecular formula is C19H22N8O3S. The second kappa shape index (κ2) is 7.84. The molecule has 1 amide bonds. The van der Waals surface area contributed by atoms with Crippen LogP contribution in [0.5, 0.6) is 0 Å². The fraction of sp³-hybridized carbons (Fsp3) is 0.526. The Bertz CT molecular complexity index is 1150. The standard InChI is InChI=1S/C19H22N8O3S/c1-3-27-16-14(24-25-27)15(20-9-21-16)26-7-10(8-26)17(28)23-19-22-13-11(18(29)30-4-2)5-6-12(13)31-19/h9-11H,3-8H2,1-2H3,(H,22,23,28). The molecular weight excluding hydrogens is 420 g/mol. The van der Waals surface area contributed by atoms with E-state index >= 15 is 0 Å². The van der Waals surface area contributed by atoms with Crippen molar-refractivity contribution in [3.05, 3.63) is 16.9 Å². The number of aryl methyl sites for hydroxylation is 2. The number of rotatable bonds is 6. The minimum absolute atomic E-state index is 0.0844. The van der Waals surface area contributed by atoms with Crippen LogP contribution in [0.25, 0.3) is 11.2 Å². The number of anilines is 2. The van der Waals surface area contributed by atoms with Crippen LogP contribution in [0.3, 0.4) is 0 Å². The second-order valence-corrected chi connectivity index (χ2v) is 8.62. The molecule has 3 aromatic heterocycles. The van der Waals surface area contributed by atoms with Gasteiger partial charge in [0, 0.05) is 24.5 Å². The zero-order valence-corrected chi connectivity index (χ0v) is 18.1. The van der Waals surface area contributed by atoms with Crippen molar-refractivity contribution in [2.45, 2.75) is 39.2 Å². The monoisotopic (exact) mass is 442 g/mol. The topological polar surface area (TPSA) is 128 Å². The minimum Gasteiger partial charge on any atom is -0.465 e. The van der Waals surface area contributed by atoms with Gasteiger partial charge in [0.1, 0.15) is 12.2 Å². The number of carbonyl (C=O) groups excluding carboxylic acids is 2. The Balaban J connectivity index is 1.23. The number of carbonyl (C=O) groups is 2. The van der Waals surface area contributed by atoms with Crippen LogP contribution in [-0.4, -0.2) is 61.5 Å². The number of aromatic nitrogens is 6. The molecule has 0 bridgehead atoms. The third-order valence-corrected chi connectivity index (χ3v) is 6.70. The largest absolute Gasteiger partial charge is 0.465 e. The van der Waals surface area contributed by atoms with Crippen LogP contribution in [-0.2, 0) is 27.3 Å². The van der Waals surface area contributed by atoms with Crippen molar-refractivity contribution in [2.75, 3.05) is 29.9 Å². The van der Waals surface area contributed by atoms with Crippen LogP contribution in [0.4, 0.5) is 10.9 Å². The molecule has 4 heterocycles. The molecule has 31 heavy (non-hydrogen) atoms. The SMILES string of the molecule is CCOC(=O)C1CCc2sc(NC(=O)C3CN(c4ncnc5c4nnn5CC)C3)nc21. The minimum atomic E-state index is -0.326. The number of thiazole rings is 1. The first-order valence-corrected chi connectivity index (χ1v) is 11.2. The van der Waals surface area contributed by atoms with Crippen LogP contribution in [0.2, 0.25) is 0 Å². The van der Waals surface area contributed by atoms with E-state index in [1.807, 2.05) is 11.8 Å². The predicted octanol–water partition coefficient (Wildman–Crippen LogP) is 1.37. The quantitative estimate of drug-likeness (QED) is 0.563. The molecule has 162 valence electrons. The summed E-state index contributed by atoms with van der Waals surface area (Å²) in [5, 5.41) is 11.7. The Hall–Kier alpha value is -3.15. The molecule has 1 aliphatic heterocycles. The van der Waals surface area contributed by atoms with E-state index in [0.29, 0.717) is 48.4 Å². The Morgan fingerprint density at radius 3 is 2.90 bits per heavy atom. The molecule has 1 N–H and O–H groups in total. The maximum atomic E-state index is 12.7. The van der Waals surface area contributed by atoms with Crippen molar-refractivity contribution in [3.8, 4) is 0 Å². The summed E-state index contributed by atoms with van der Waals surface area (Å²) in [6.45, 7) is 5.86. The summed E-state index contributed by atoms with van der Waals surface area (Å²) in [4.78, 5) is 41.0. The number of nitrogens with zero attached hydrogens (tertiary/aromatic N) is 7. The lowest BCUT2D eigenvalue weighted by atomic mass is 9.99. The lowest BCUT2D eigenvalue weighted by molar-refractivity contribution is -0.145. The van der Waals surface area contributed by atoms with Gasteiger partial charge in [-0.05, 0) is 26.7 Å². The maximum absolute atomic E-state index is 12.7. The summed E-state index contributed by atoms with van der Waals surface area (Å²) >= 11 is 1.44. The van der Waals surface area contributed by atoms with Gasteiger partial charge in [0.15, 0.2) is 22.1 Å². The molecule has 11 nitrogen and oxygen atoms in total. The van der Waals surface area contributed by atoms with E-state index in [4.69, 9.17) is 4.74 Å². The fourth-order valence-corrected chi connectivity index (χ4v) is 5.04. The highest BCUT2D eigenvalue weighted by Crippen LogP contribution is 2.39. The molecule has 1 atom stereocenters. The smallest absolute Gasteiger partial charge is 0.315 e. The van der Waals surface area contributed by atoms with E-state index in [-0.39, 0.29) is 23.7 Å². The maximum Gasteiger partial charge on any atom is 0.315 e. The molecule has 1 fully saturated rings. The molecule has 1 aliphatic carbocycles. The average molecular weight is 443 g/mol. The summed E-state index contributed by atoms with van der Waals surface area (Å²) in [6.07, 6.45) is 3.00. The van der Waals surface area contributed by atoms with E-state index in [0.717, 1.165) is 23.4 Å². The summed E-state index contributed by atoms with van der Waals surface area (Å²) in [7, 11) is 0. The molecule has 3 aromatic rings. The number of hydrogen-bond acceptors (Lipinski definition) is 10. The van der Waals surface area contributed by atoms with Crippen LogP contribution >= 0.6 is 11.3 Å². The van der Waals surface area contributed by atoms with Gasteiger partial charge >= 0.3 is 5.97 Å². The first-order valence-electron chi connectivity index (χ1n) is 10.3. The number of amides is 1. The van der Waals surface area contributed by atoms with Crippen LogP contribution in [0, 0.1) is 5.92 Å². The number of nitrogens with one attached hydrogen (secondary N) is 1. The van der Waals surface area contributed by atoms with Gasteiger partial charge in [-0.2, -0.15) is 0 Å². The van der Waals surface area contributed by atoms with Gasteiger partial charge in [-0.3, -0.25) is 9.59 Å². The number of esters is 1. The zero-order chi connectivity index (χ0) is 21.5.